The van der Waals surface area contributed by atoms with Gasteiger partial charge >= 0.3 is 6.03 Å². The van der Waals surface area contributed by atoms with E-state index < -0.39 is 0 Å². The number of ether oxygens (including phenoxy) is 2. The van der Waals surface area contributed by atoms with Crippen molar-refractivity contribution in [2.24, 2.45) is 5.73 Å². The van der Waals surface area contributed by atoms with Crippen LogP contribution in [0.15, 0.2) is 0 Å². The van der Waals surface area contributed by atoms with Gasteiger partial charge in [-0.05, 0) is 0 Å². The number of nitrogens with one attached hydrogen (secondary N) is 1. The molecule has 2 amide bonds. The first-order valence-electron chi connectivity index (χ1n) is 5.21. The number of rotatable bonds is 0. The van der Waals surface area contributed by atoms with Crippen molar-refractivity contribution in [3.63, 3.8) is 0 Å². The van der Waals surface area contributed by atoms with Crippen molar-refractivity contribution >= 4 is 6.03 Å². The molecule has 0 saturated carbocycles. The minimum Gasteiger partial charge on any atom is -0.379 e. The van der Waals surface area contributed by atoms with Gasteiger partial charge in [-0.3, -0.25) is 0 Å². The van der Waals surface area contributed by atoms with E-state index >= 15 is 0 Å². The van der Waals surface area contributed by atoms with E-state index in [1.165, 1.54) is 0 Å². The molecule has 0 unspecified atom stereocenters. The summed E-state index contributed by atoms with van der Waals surface area (Å²) < 4.78 is 10.0. The molecule has 0 bridgehead atoms. The minimum atomic E-state index is -0.349. The van der Waals surface area contributed by atoms with Gasteiger partial charge in [-0.15, -0.1) is 0 Å². The van der Waals surface area contributed by atoms with Crippen LogP contribution >= 0.6 is 0 Å². The summed E-state index contributed by atoms with van der Waals surface area (Å²) in [6, 6.07) is -0.349. The zero-order chi connectivity index (χ0) is 10.9. The van der Waals surface area contributed by atoms with Crippen LogP contribution in [0, 0.1) is 0 Å². The average Bonchev–Trinajstić information content (AvgIpc) is 2.33. The zero-order valence-corrected chi connectivity index (χ0v) is 8.91. The zero-order valence-electron chi connectivity index (χ0n) is 8.91. The molecule has 0 aromatic rings. The van der Waals surface area contributed by atoms with E-state index in [0.717, 1.165) is 26.3 Å². The second-order valence-electron chi connectivity index (χ2n) is 3.30. The SMILES string of the molecule is C1COCCN1.NC(=O)N1CCOCC1. The summed E-state index contributed by atoms with van der Waals surface area (Å²) in [6.45, 7) is 6.33. The monoisotopic (exact) mass is 217 g/mol. The number of carbonyl (C=O) groups is 1. The summed E-state index contributed by atoms with van der Waals surface area (Å²) >= 11 is 0. The summed E-state index contributed by atoms with van der Waals surface area (Å²) in [4.78, 5) is 12.0. The molecule has 0 spiro atoms. The lowest BCUT2D eigenvalue weighted by Gasteiger charge is -2.24. The fourth-order valence-corrected chi connectivity index (χ4v) is 1.30. The van der Waals surface area contributed by atoms with Crippen molar-refractivity contribution in [3.05, 3.63) is 0 Å². The van der Waals surface area contributed by atoms with Gasteiger partial charge in [0.2, 0.25) is 0 Å². The molecule has 2 fully saturated rings. The fraction of sp³-hybridized carbons (Fsp3) is 0.889. The Balaban J connectivity index is 0.000000162. The van der Waals surface area contributed by atoms with Gasteiger partial charge in [0.1, 0.15) is 0 Å². The van der Waals surface area contributed by atoms with E-state index in [2.05, 4.69) is 5.32 Å². The van der Waals surface area contributed by atoms with Crippen LogP contribution in [0.25, 0.3) is 0 Å². The highest BCUT2D eigenvalue weighted by molar-refractivity contribution is 5.71. The first kappa shape index (κ1) is 12.2. The molecule has 2 saturated heterocycles. The Morgan fingerprint density at radius 3 is 1.87 bits per heavy atom. The van der Waals surface area contributed by atoms with Gasteiger partial charge in [0, 0.05) is 26.2 Å². The second-order valence-corrected chi connectivity index (χ2v) is 3.30. The predicted octanol–water partition coefficient (Wildman–Crippen LogP) is -0.996. The minimum absolute atomic E-state index is 0.349. The van der Waals surface area contributed by atoms with Crippen LogP contribution in [0.4, 0.5) is 4.79 Å². The summed E-state index contributed by atoms with van der Waals surface area (Å²) in [7, 11) is 0. The third-order valence-electron chi connectivity index (χ3n) is 2.17. The van der Waals surface area contributed by atoms with Crippen LogP contribution in [-0.2, 0) is 9.47 Å². The van der Waals surface area contributed by atoms with Crippen molar-refractivity contribution in [1.82, 2.24) is 10.2 Å². The maximum absolute atomic E-state index is 10.4. The molecular formula is C9H19N3O3. The Labute approximate surface area is 89.7 Å². The van der Waals surface area contributed by atoms with Gasteiger partial charge in [-0.1, -0.05) is 0 Å². The van der Waals surface area contributed by atoms with E-state index in [9.17, 15) is 4.79 Å². The van der Waals surface area contributed by atoms with Crippen LogP contribution in [0.5, 0.6) is 0 Å². The molecule has 6 nitrogen and oxygen atoms in total. The topological polar surface area (TPSA) is 76.8 Å². The molecule has 2 rings (SSSR count). The normalized spacial score (nSPS) is 21.5. The Morgan fingerprint density at radius 2 is 1.60 bits per heavy atom. The lowest BCUT2D eigenvalue weighted by Crippen LogP contribution is -2.43. The lowest BCUT2D eigenvalue weighted by atomic mass is 10.4. The smallest absolute Gasteiger partial charge is 0.314 e. The van der Waals surface area contributed by atoms with Gasteiger partial charge in [-0.25, -0.2) is 4.79 Å². The number of hydrogen-bond acceptors (Lipinski definition) is 4. The summed E-state index contributed by atoms with van der Waals surface area (Å²) in [5.41, 5.74) is 5.00. The molecule has 0 aromatic carbocycles. The molecule has 0 aliphatic carbocycles. The van der Waals surface area contributed by atoms with Gasteiger partial charge in [0.15, 0.2) is 0 Å². The molecule has 0 radical (unpaired) electrons. The molecule has 15 heavy (non-hydrogen) atoms. The average molecular weight is 217 g/mol. The highest BCUT2D eigenvalue weighted by atomic mass is 16.5. The molecule has 88 valence electrons. The molecule has 2 heterocycles. The van der Waals surface area contributed by atoms with E-state index in [-0.39, 0.29) is 6.03 Å². The standard InChI is InChI=1S/C5H10N2O2.C4H9NO/c6-5(8)7-1-3-9-4-2-7;1-3-6-4-2-5-1/h1-4H2,(H2,6,8);5H,1-4H2. The molecule has 6 heteroatoms. The lowest BCUT2D eigenvalue weighted by molar-refractivity contribution is 0.0554. The van der Waals surface area contributed by atoms with E-state index in [1.54, 1.807) is 4.90 Å². The van der Waals surface area contributed by atoms with Crippen LogP contribution in [0.3, 0.4) is 0 Å². The van der Waals surface area contributed by atoms with E-state index in [4.69, 9.17) is 15.2 Å². The summed E-state index contributed by atoms with van der Waals surface area (Å²) in [5, 5.41) is 3.16. The van der Waals surface area contributed by atoms with E-state index in [0.29, 0.717) is 26.3 Å². The van der Waals surface area contributed by atoms with Gasteiger partial charge in [-0.2, -0.15) is 0 Å². The van der Waals surface area contributed by atoms with Gasteiger partial charge < -0.3 is 25.4 Å². The predicted molar refractivity (Wildman–Crippen MR) is 55.7 cm³/mol. The van der Waals surface area contributed by atoms with Crippen molar-refractivity contribution in [2.45, 2.75) is 0 Å². The Morgan fingerprint density at radius 1 is 1.07 bits per heavy atom. The Bertz CT molecular complexity index is 168. The van der Waals surface area contributed by atoms with Crippen LogP contribution in [0.2, 0.25) is 0 Å². The van der Waals surface area contributed by atoms with Crippen LogP contribution in [-0.4, -0.2) is 63.5 Å². The number of hydrogen-bond donors (Lipinski definition) is 2. The third kappa shape index (κ3) is 5.56. The maximum atomic E-state index is 10.4. The first-order chi connectivity index (χ1) is 7.30. The first-order valence-corrected chi connectivity index (χ1v) is 5.21. The number of primary amides is 1. The number of urea groups is 1. The summed E-state index contributed by atoms with van der Waals surface area (Å²) in [5.74, 6) is 0. The quantitative estimate of drug-likeness (QED) is 0.546. The maximum Gasteiger partial charge on any atom is 0.314 e. The molecule has 0 aromatic heterocycles. The third-order valence-corrected chi connectivity index (χ3v) is 2.17. The van der Waals surface area contributed by atoms with Crippen molar-refractivity contribution in [1.29, 1.82) is 0 Å². The van der Waals surface area contributed by atoms with Gasteiger partial charge in [0.25, 0.3) is 0 Å². The van der Waals surface area contributed by atoms with Crippen molar-refractivity contribution in [3.8, 4) is 0 Å². The Kier molecular flexibility index (Phi) is 6.06. The van der Waals surface area contributed by atoms with Crippen LogP contribution in [0.1, 0.15) is 0 Å². The molecule has 2 aliphatic heterocycles. The van der Waals surface area contributed by atoms with E-state index in [1.807, 2.05) is 0 Å². The summed E-state index contributed by atoms with van der Waals surface area (Å²) in [6.07, 6.45) is 0. The highest BCUT2D eigenvalue weighted by Crippen LogP contribution is 1.94. The molecule has 0 atom stereocenters. The fourth-order valence-electron chi connectivity index (χ4n) is 1.30. The number of morpholine rings is 2. The second kappa shape index (κ2) is 7.44. The molecule has 2 aliphatic rings. The van der Waals surface area contributed by atoms with Crippen molar-refractivity contribution < 1.29 is 14.3 Å². The van der Waals surface area contributed by atoms with Crippen LogP contribution < -0.4 is 11.1 Å². The molecule has 3 N–H and O–H groups in total. The largest absolute Gasteiger partial charge is 0.379 e. The highest BCUT2D eigenvalue weighted by Gasteiger charge is 2.12. The number of nitrogens with zero attached hydrogens (tertiary/aromatic N) is 1. The number of carbonyl (C=O) groups excluding carboxylic acids is 1. The molecular weight excluding hydrogens is 198 g/mol. The van der Waals surface area contributed by atoms with Crippen molar-refractivity contribution in [2.75, 3.05) is 52.6 Å². The number of nitrogens with two attached hydrogens (primary N) is 1. The van der Waals surface area contributed by atoms with Gasteiger partial charge in [0.05, 0.1) is 26.4 Å². The Hall–Kier alpha value is -0.850. The number of amides is 2.